The Bertz CT molecular complexity index is 390. The monoisotopic (exact) mass is 262 g/mol. The highest BCUT2D eigenvalue weighted by molar-refractivity contribution is 5.73. The zero-order chi connectivity index (χ0) is 13.9. The van der Waals surface area contributed by atoms with Crippen molar-refractivity contribution >= 4 is 6.03 Å². The Morgan fingerprint density at radius 2 is 1.95 bits per heavy atom. The molecule has 0 aliphatic carbocycles. The summed E-state index contributed by atoms with van der Waals surface area (Å²) >= 11 is 0. The van der Waals surface area contributed by atoms with Crippen LogP contribution in [-0.2, 0) is 0 Å². The number of carbonyl (C=O) groups excluding carboxylic acids is 1. The van der Waals surface area contributed by atoms with Crippen molar-refractivity contribution < 1.29 is 9.90 Å². The summed E-state index contributed by atoms with van der Waals surface area (Å²) in [5, 5.41) is 15.4. The lowest BCUT2D eigenvalue weighted by Crippen LogP contribution is -2.36. The van der Waals surface area contributed by atoms with Crippen LogP contribution in [0.15, 0.2) is 42.5 Å². The summed E-state index contributed by atoms with van der Waals surface area (Å²) in [7, 11) is 0. The molecule has 2 amide bonds. The molecule has 0 saturated heterocycles. The molecule has 0 saturated carbocycles. The first-order valence-corrected chi connectivity index (χ1v) is 6.60. The predicted molar refractivity (Wildman–Crippen MR) is 76.9 cm³/mol. The van der Waals surface area contributed by atoms with Crippen molar-refractivity contribution in [3.05, 3.63) is 48.0 Å². The van der Waals surface area contributed by atoms with E-state index in [-0.39, 0.29) is 6.03 Å². The standard InChI is InChI=1S/C15H22N2O2/c1-2-3-7-11-16-15(19)17-12-10-14(18)13-8-5-4-6-9-13/h2-6,8-9,14,18H,7,10-12H2,1H3,(H2,16,17,19). The lowest BCUT2D eigenvalue weighted by Gasteiger charge is -2.11. The molecule has 4 nitrogen and oxygen atoms in total. The van der Waals surface area contributed by atoms with Crippen LogP contribution in [0.3, 0.4) is 0 Å². The maximum absolute atomic E-state index is 11.4. The fourth-order valence-electron chi connectivity index (χ4n) is 1.66. The fourth-order valence-corrected chi connectivity index (χ4v) is 1.66. The molecule has 1 aromatic rings. The van der Waals surface area contributed by atoms with E-state index in [2.05, 4.69) is 10.6 Å². The third kappa shape index (κ3) is 6.62. The number of rotatable bonds is 7. The molecular formula is C15H22N2O2. The third-order valence-corrected chi connectivity index (χ3v) is 2.72. The minimum absolute atomic E-state index is 0.190. The summed E-state index contributed by atoms with van der Waals surface area (Å²) in [5.41, 5.74) is 0.873. The van der Waals surface area contributed by atoms with Crippen LogP contribution in [0.2, 0.25) is 0 Å². The van der Waals surface area contributed by atoms with E-state index in [1.807, 2.05) is 49.4 Å². The molecule has 0 bridgehead atoms. The smallest absolute Gasteiger partial charge is 0.314 e. The molecule has 4 heteroatoms. The van der Waals surface area contributed by atoms with Crippen LogP contribution in [0.1, 0.15) is 31.4 Å². The quantitative estimate of drug-likeness (QED) is 0.522. The summed E-state index contributed by atoms with van der Waals surface area (Å²) in [4.78, 5) is 11.4. The van der Waals surface area contributed by atoms with Crippen LogP contribution in [-0.4, -0.2) is 24.2 Å². The molecule has 1 unspecified atom stereocenters. The number of amides is 2. The van der Waals surface area contributed by atoms with Gasteiger partial charge in [-0.25, -0.2) is 4.79 Å². The van der Waals surface area contributed by atoms with E-state index in [1.54, 1.807) is 0 Å². The molecule has 1 rings (SSSR count). The number of aliphatic hydroxyl groups is 1. The van der Waals surface area contributed by atoms with Crippen LogP contribution >= 0.6 is 0 Å². The summed E-state index contributed by atoms with van der Waals surface area (Å²) in [5.74, 6) is 0. The van der Waals surface area contributed by atoms with Gasteiger partial charge in [-0.3, -0.25) is 0 Å². The first-order chi connectivity index (χ1) is 9.24. The molecule has 3 N–H and O–H groups in total. The molecule has 0 spiro atoms. The molecule has 19 heavy (non-hydrogen) atoms. The first-order valence-electron chi connectivity index (χ1n) is 6.60. The molecule has 1 atom stereocenters. The van der Waals surface area contributed by atoms with E-state index in [1.165, 1.54) is 0 Å². The van der Waals surface area contributed by atoms with Crippen LogP contribution < -0.4 is 10.6 Å². The highest BCUT2D eigenvalue weighted by Gasteiger charge is 2.07. The minimum atomic E-state index is -0.537. The highest BCUT2D eigenvalue weighted by Crippen LogP contribution is 2.14. The molecular weight excluding hydrogens is 240 g/mol. The van der Waals surface area contributed by atoms with Gasteiger partial charge < -0.3 is 15.7 Å². The van der Waals surface area contributed by atoms with Crippen LogP contribution in [0.4, 0.5) is 4.79 Å². The van der Waals surface area contributed by atoms with Crippen molar-refractivity contribution in [1.29, 1.82) is 0 Å². The molecule has 0 radical (unpaired) electrons. The average Bonchev–Trinajstić information content (AvgIpc) is 2.44. The molecule has 0 aliphatic rings. The maximum Gasteiger partial charge on any atom is 0.314 e. The largest absolute Gasteiger partial charge is 0.388 e. The molecule has 0 aliphatic heterocycles. The van der Waals surface area contributed by atoms with Gasteiger partial charge in [0.05, 0.1) is 6.10 Å². The van der Waals surface area contributed by atoms with E-state index >= 15 is 0 Å². The number of allylic oxidation sites excluding steroid dienone is 1. The molecule has 0 aromatic heterocycles. The number of carbonyl (C=O) groups is 1. The highest BCUT2D eigenvalue weighted by atomic mass is 16.3. The van der Waals surface area contributed by atoms with Gasteiger partial charge in [0.2, 0.25) is 0 Å². The second-order valence-corrected chi connectivity index (χ2v) is 4.26. The van der Waals surface area contributed by atoms with E-state index in [4.69, 9.17) is 0 Å². The first kappa shape index (κ1) is 15.2. The molecule has 0 fully saturated rings. The second-order valence-electron chi connectivity index (χ2n) is 4.26. The van der Waals surface area contributed by atoms with Crippen LogP contribution in [0.5, 0.6) is 0 Å². The van der Waals surface area contributed by atoms with Gasteiger partial charge in [-0.15, -0.1) is 0 Å². The Balaban J connectivity index is 2.14. The van der Waals surface area contributed by atoms with Gasteiger partial charge in [-0.2, -0.15) is 0 Å². The van der Waals surface area contributed by atoms with Crippen LogP contribution in [0, 0.1) is 0 Å². The topological polar surface area (TPSA) is 61.4 Å². The number of hydrogen-bond acceptors (Lipinski definition) is 2. The zero-order valence-electron chi connectivity index (χ0n) is 11.3. The van der Waals surface area contributed by atoms with Crippen molar-refractivity contribution in [3.8, 4) is 0 Å². The van der Waals surface area contributed by atoms with Crippen molar-refractivity contribution in [1.82, 2.24) is 10.6 Å². The Hall–Kier alpha value is -1.81. The zero-order valence-corrected chi connectivity index (χ0v) is 11.3. The van der Waals surface area contributed by atoms with E-state index < -0.39 is 6.10 Å². The fraction of sp³-hybridized carbons (Fsp3) is 0.400. The number of nitrogens with one attached hydrogen (secondary N) is 2. The van der Waals surface area contributed by atoms with Gasteiger partial charge in [0.15, 0.2) is 0 Å². The SMILES string of the molecule is CC=CCCNC(=O)NCCC(O)c1ccccc1. The predicted octanol–water partition coefficient (Wildman–Crippen LogP) is 2.38. The van der Waals surface area contributed by atoms with E-state index in [0.29, 0.717) is 19.5 Å². The Morgan fingerprint density at radius 1 is 1.26 bits per heavy atom. The van der Waals surface area contributed by atoms with Crippen molar-refractivity contribution in [2.45, 2.75) is 25.9 Å². The second kappa shape index (κ2) is 9.16. The summed E-state index contributed by atoms with van der Waals surface area (Å²) in [6, 6.07) is 9.25. The van der Waals surface area contributed by atoms with Gasteiger partial charge in [-0.05, 0) is 25.3 Å². The van der Waals surface area contributed by atoms with Crippen molar-refractivity contribution in [2.75, 3.05) is 13.1 Å². The minimum Gasteiger partial charge on any atom is -0.388 e. The van der Waals surface area contributed by atoms with E-state index in [9.17, 15) is 9.90 Å². The number of urea groups is 1. The third-order valence-electron chi connectivity index (χ3n) is 2.72. The lowest BCUT2D eigenvalue weighted by atomic mass is 10.1. The van der Waals surface area contributed by atoms with Gasteiger partial charge >= 0.3 is 6.03 Å². The van der Waals surface area contributed by atoms with Gasteiger partial charge in [0.1, 0.15) is 0 Å². The molecule has 1 aromatic carbocycles. The normalized spacial score (nSPS) is 12.3. The number of aliphatic hydroxyl groups excluding tert-OH is 1. The number of hydrogen-bond donors (Lipinski definition) is 3. The molecule has 0 heterocycles. The van der Waals surface area contributed by atoms with Crippen LogP contribution in [0.25, 0.3) is 0 Å². The van der Waals surface area contributed by atoms with Gasteiger partial charge in [0.25, 0.3) is 0 Å². The number of benzene rings is 1. The summed E-state index contributed by atoms with van der Waals surface area (Å²) in [6.45, 7) is 3.02. The Morgan fingerprint density at radius 3 is 2.63 bits per heavy atom. The van der Waals surface area contributed by atoms with Crippen molar-refractivity contribution in [3.63, 3.8) is 0 Å². The van der Waals surface area contributed by atoms with Crippen molar-refractivity contribution in [2.24, 2.45) is 0 Å². The Kier molecular flexibility index (Phi) is 7.35. The molecule has 104 valence electrons. The lowest BCUT2D eigenvalue weighted by molar-refractivity contribution is 0.167. The summed E-state index contributed by atoms with van der Waals surface area (Å²) < 4.78 is 0. The average molecular weight is 262 g/mol. The summed E-state index contributed by atoms with van der Waals surface area (Å²) in [6.07, 6.45) is 4.75. The van der Waals surface area contributed by atoms with Gasteiger partial charge in [0, 0.05) is 13.1 Å². The maximum atomic E-state index is 11.4. The van der Waals surface area contributed by atoms with Gasteiger partial charge in [-0.1, -0.05) is 42.5 Å². The Labute approximate surface area is 114 Å². The van der Waals surface area contributed by atoms with E-state index in [0.717, 1.165) is 12.0 Å².